The van der Waals surface area contributed by atoms with E-state index >= 15 is 0 Å². The zero-order chi connectivity index (χ0) is 13.2. The van der Waals surface area contributed by atoms with Crippen LogP contribution in [0.15, 0.2) is 12.3 Å². The van der Waals surface area contributed by atoms with Gasteiger partial charge in [-0.15, -0.1) is 0 Å². The van der Waals surface area contributed by atoms with Crippen LogP contribution in [0.5, 0.6) is 5.88 Å². The number of hydrogen-bond donors (Lipinski definition) is 1. The molecule has 4 nitrogen and oxygen atoms in total. The Kier molecular flexibility index (Phi) is 3.60. The normalized spacial score (nSPS) is 17.7. The maximum atomic E-state index is 12.4. The molecule has 0 bridgehead atoms. The summed E-state index contributed by atoms with van der Waals surface area (Å²) in [6, 6.07) is 0.835. The van der Waals surface area contributed by atoms with Gasteiger partial charge in [0, 0.05) is 19.0 Å². The van der Waals surface area contributed by atoms with Crippen LogP contribution in [0.25, 0.3) is 0 Å². The molecule has 1 aromatic heterocycles. The summed E-state index contributed by atoms with van der Waals surface area (Å²) >= 11 is 0. The lowest BCUT2D eigenvalue weighted by atomic mass is 10.1. The standard InChI is InChI=1S/C11H13F3N2O2/c12-11(13,14)7-5-9(15)10(16-6-7)18-8-1-3-17-4-2-8/h5-6,8H,1-4,15H2. The van der Waals surface area contributed by atoms with Crippen LogP contribution in [0.2, 0.25) is 0 Å². The monoisotopic (exact) mass is 262 g/mol. The Bertz CT molecular complexity index is 417. The quantitative estimate of drug-likeness (QED) is 0.888. The van der Waals surface area contributed by atoms with Crippen molar-refractivity contribution < 1.29 is 22.6 Å². The molecule has 1 fully saturated rings. The van der Waals surface area contributed by atoms with Crippen molar-refractivity contribution in [1.29, 1.82) is 0 Å². The van der Waals surface area contributed by atoms with Gasteiger partial charge in [0.2, 0.25) is 5.88 Å². The predicted molar refractivity (Wildman–Crippen MR) is 58.1 cm³/mol. The summed E-state index contributed by atoms with van der Waals surface area (Å²) < 4.78 is 47.8. The molecule has 0 saturated carbocycles. The number of aromatic nitrogens is 1. The molecule has 0 unspecified atom stereocenters. The van der Waals surface area contributed by atoms with Crippen molar-refractivity contribution in [3.63, 3.8) is 0 Å². The molecule has 2 rings (SSSR count). The Balaban J connectivity index is 2.09. The second-order valence-corrected chi connectivity index (χ2v) is 4.05. The number of nitrogen functional groups attached to an aromatic ring is 1. The first kappa shape index (κ1) is 12.9. The highest BCUT2D eigenvalue weighted by molar-refractivity contribution is 5.50. The van der Waals surface area contributed by atoms with E-state index in [0.29, 0.717) is 26.1 Å². The predicted octanol–water partition coefficient (Wildman–Crippen LogP) is 2.24. The average molecular weight is 262 g/mol. The van der Waals surface area contributed by atoms with Crippen LogP contribution in [0, 0.1) is 0 Å². The third-order valence-corrected chi connectivity index (χ3v) is 2.65. The second-order valence-electron chi connectivity index (χ2n) is 4.05. The van der Waals surface area contributed by atoms with Crippen LogP contribution in [0.4, 0.5) is 18.9 Å². The van der Waals surface area contributed by atoms with Crippen molar-refractivity contribution in [3.8, 4) is 5.88 Å². The van der Waals surface area contributed by atoms with Gasteiger partial charge >= 0.3 is 6.18 Å². The molecular formula is C11H13F3N2O2. The summed E-state index contributed by atoms with van der Waals surface area (Å²) in [7, 11) is 0. The molecule has 1 aromatic rings. The van der Waals surface area contributed by atoms with E-state index in [1.165, 1.54) is 0 Å². The summed E-state index contributed by atoms with van der Waals surface area (Å²) in [6.45, 7) is 1.15. The van der Waals surface area contributed by atoms with E-state index in [0.717, 1.165) is 12.3 Å². The Morgan fingerprint density at radius 1 is 1.33 bits per heavy atom. The van der Waals surface area contributed by atoms with Crippen molar-refractivity contribution in [2.75, 3.05) is 18.9 Å². The van der Waals surface area contributed by atoms with Crippen LogP contribution in [-0.4, -0.2) is 24.3 Å². The van der Waals surface area contributed by atoms with Crippen LogP contribution < -0.4 is 10.5 Å². The lowest BCUT2D eigenvalue weighted by molar-refractivity contribution is -0.137. The van der Waals surface area contributed by atoms with Crippen LogP contribution in [0.3, 0.4) is 0 Å². The van der Waals surface area contributed by atoms with Gasteiger partial charge in [-0.3, -0.25) is 0 Å². The first-order valence-corrected chi connectivity index (χ1v) is 5.54. The van der Waals surface area contributed by atoms with E-state index in [1.54, 1.807) is 0 Å². The van der Waals surface area contributed by atoms with E-state index in [-0.39, 0.29) is 17.7 Å². The minimum Gasteiger partial charge on any atom is -0.473 e. The third-order valence-electron chi connectivity index (χ3n) is 2.65. The summed E-state index contributed by atoms with van der Waals surface area (Å²) in [4.78, 5) is 3.63. The van der Waals surface area contributed by atoms with Crippen LogP contribution in [0.1, 0.15) is 18.4 Å². The van der Waals surface area contributed by atoms with Gasteiger partial charge in [-0.05, 0) is 6.07 Å². The van der Waals surface area contributed by atoms with Crippen molar-refractivity contribution in [2.24, 2.45) is 0 Å². The van der Waals surface area contributed by atoms with Gasteiger partial charge in [-0.25, -0.2) is 4.98 Å². The summed E-state index contributed by atoms with van der Waals surface area (Å²) in [5.74, 6) is 0.0508. The Morgan fingerprint density at radius 3 is 2.56 bits per heavy atom. The van der Waals surface area contributed by atoms with E-state index in [9.17, 15) is 13.2 Å². The lowest BCUT2D eigenvalue weighted by Crippen LogP contribution is -2.26. The molecule has 0 aromatic carbocycles. The molecule has 1 aliphatic heterocycles. The number of alkyl halides is 3. The Labute approximate surface area is 102 Å². The number of ether oxygens (including phenoxy) is 2. The van der Waals surface area contributed by atoms with Crippen molar-refractivity contribution >= 4 is 5.69 Å². The molecule has 100 valence electrons. The molecule has 0 amide bonds. The number of hydrogen-bond acceptors (Lipinski definition) is 4. The van der Waals surface area contributed by atoms with Crippen molar-refractivity contribution in [3.05, 3.63) is 17.8 Å². The lowest BCUT2D eigenvalue weighted by Gasteiger charge is -2.23. The summed E-state index contributed by atoms with van der Waals surface area (Å²) in [5.41, 5.74) is 4.54. The van der Waals surface area contributed by atoms with Gasteiger partial charge in [-0.2, -0.15) is 13.2 Å². The van der Waals surface area contributed by atoms with Gasteiger partial charge < -0.3 is 15.2 Å². The number of pyridine rings is 1. The number of rotatable bonds is 2. The number of halogens is 3. The number of anilines is 1. The molecule has 0 aliphatic carbocycles. The molecule has 0 atom stereocenters. The summed E-state index contributed by atoms with van der Waals surface area (Å²) in [5, 5.41) is 0. The van der Waals surface area contributed by atoms with Crippen LogP contribution in [-0.2, 0) is 10.9 Å². The molecule has 0 radical (unpaired) electrons. The third kappa shape index (κ3) is 3.04. The van der Waals surface area contributed by atoms with E-state index in [1.807, 2.05) is 0 Å². The minimum atomic E-state index is -4.45. The smallest absolute Gasteiger partial charge is 0.417 e. The van der Waals surface area contributed by atoms with Gasteiger partial charge in [0.05, 0.1) is 24.5 Å². The van der Waals surface area contributed by atoms with Gasteiger partial charge in [-0.1, -0.05) is 0 Å². The zero-order valence-corrected chi connectivity index (χ0v) is 9.54. The molecule has 0 spiro atoms. The first-order valence-electron chi connectivity index (χ1n) is 5.54. The van der Waals surface area contributed by atoms with E-state index in [2.05, 4.69) is 4.98 Å². The Morgan fingerprint density at radius 2 is 2.00 bits per heavy atom. The van der Waals surface area contributed by atoms with E-state index < -0.39 is 11.7 Å². The van der Waals surface area contributed by atoms with E-state index in [4.69, 9.17) is 15.2 Å². The largest absolute Gasteiger partial charge is 0.473 e. The maximum Gasteiger partial charge on any atom is 0.417 e. The van der Waals surface area contributed by atoms with Crippen molar-refractivity contribution in [2.45, 2.75) is 25.1 Å². The minimum absolute atomic E-state index is 0.0508. The topological polar surface area (TPSA) is 57.4 Å². The average Bonchev–Trinajstić information content (AvgIpc) is 2.32. The van der Waals surface area contributed by atoms with Gasteiger partial charge in [0.1, 0.15) is 6.10 Å². The molecule has 2 N–H and O–H groups in total. The fourth-order valence-corrected chi connectivity index (χ4v) is 1.67. The second kappa shape index (κ2) is 5.01. The Hall–Kier alpha value is -1.50. The van der Waals surface area contributed by atoms with Gasteiger partial charge in [0.15, 0.2) is 0 Å². The fourth-order valence-electron chi connectivity index (χ4n) is 1.67. The molecule has 18 heavy (non-hydrogen) atoms. The molecule has 2 heterocycles. The summed E-state index contributed by atoms with van der Waals surface area (Å²) in [6.07, 6.45) is -2.46. The highest BCUT2D eigenvalue weighted by atomic mass is 19.4. The fraction of sp³-hybridized carbons (Fsp3) is 0.545. The van der Waals surface area contributed by atoms with Crippen LogP contribution >= 0.6 is 0 Å². The number of nitrogens with zero attached hydrogens (tertiary/aromatic N) is 1. The highest BCUT2D eigenvalue weighted by Crippen LogP contribution is 2.32. The first-order chi connectivity index (χ1) is 8.47. The maximum absolute atomic E-state index is 12.4. The molecular weight excluding hydrogens is 249 g/mol. The molecule has 1 aliphatic rings. The molecule has 1 saturated heterocycles. The van der Waals surface area contributed by atoms with Gasteiger partial charge in [0.25, 0.3) is 0 Å². The SMILES string of the molecule is Nc1cc(C(F)(F)F)cnc1OC1CCOCC1. The zero-order valence-electron chi connectivity index (χ0n) is 9.54. The highest BCUT2D eigenvalue weighted by Gasteiger charge is 2.32. The molecule has 7 heteroatoms. The van der Waals surface area contributed by atoms with Crippen molar-refractivity contribution in [1.82, 2.24) is 4.98 Å². The number of nitrogens with two attached hydrogens (primary N) is 1.